The van der Waals surface area contributed by atoms with Crippen molar-refractivity contribution < 1.29 is 17.3 Å². The molecule has 0 amide bonds. The predicted molar refractivity (Wildman–Crippen MR) is 103 cm³/mol. The quantitative estimate of drug-likeness (QED) is 0.304. The Kier molecular flexibility index (Phi) is 7.19. The van der Waals surface area contributed by atoms with E-state index < -0.39 is 7.25 Å². The van der Waals surface area contributed by atoms with Crippen LogP contribution in [0.4, 0.5) is 17.3 Å². The fraction of sp³-hybridized carbons (Fsp3) is 0. The summed E-state index contributed by atoms with van der Waals surface area (Å²) in [6.07, 6.45) is 0. The molecule has 0 aliphatic carbocycles. The molecule has 134 valence electrons. The summed E-state index contributed by atoms with van der Waals surface area (Å²) < 4.78 is 40.1. The number of rotatable bonds is 2. The molecule has 3 aromatic rings. The molecule has 0 atom stereocenters. The van der Waals surface area contributed by atoms with Gasteiger partial charge in [0.2, 0.25) is 0 Å². The van der Waals surface area contributed by atoms with E-state index in [0.29, 0.717) is 0 Å². The van der Waals surface area contributed by atoms with E-state index in [1.807, 2.05) is 60.7 Å². The van der Waals surface area contributed by atoms with Crippen LogP contribution in [0.5, 0.6) is 0 Å². The molecule has 0 bridgehead atoms. The van der Waals surface area contributed by atoms with Gasteiger partial charge in [-0.1, -0.05) is 0 Å². The van der Waals surface area contributed by atoms with Gasteiger partial charge in [0.1, 0.15) is 0 Å². The van der Waals surface area contributed by atoms with Gasteiger partial charge in [-0.25, -0.2) is 0 Å². The normalized spacial score (nSPS) is 10.8. The van der Waals surface area contributed by atoms with Crippen molar-refractivity contribution in [1.82, 2.24) is 0 Å². The zero-order valence-corrected chi connectivity index (χ0v) is 16.3. The summed E-state index contributed by atoms with van der Waals surface area (Å²) in [4.78, 5) is 0. The first-order valence-electron chi connectivity index (χ1n) is 7.35. The summed E-state index contributed by atoms with van der Waals surface area (Å²) in [5.41, 5.74) is 4.16. The zero-order valence-electron chi connectivity index (χ0n) is 13.1. The minimum Gasteiger partial charge on any atom is -0.418 e. The third kappa shape index (κ3) is 5.78. The van der Waals surface area contributed by atoms with Crippen LogP contribution in [0.2, 0.25) is 10.0 Å². The van der Waals surface area contributed by atoms with Crippen molar-refractivity contribution in [3.8, 4) is 22.3 Å². The Morgan fingerprint density at radius 2 is 1.04 bits per heavy atom. The molecule has 0 N–H and O–H groups in total. The van der Waals surface area contributed by atoms with Crippen LogP contribution < -0.4 is 4.46 Å². The van der Waals surface area contributed by atoms with Crippen molar-refractivity contribution in [2.24, 2.45) is 0 Å². The van der Waals surface area contributed by atoms with Crippen LogP contribution in [0, 0.1) is 0 Å². The number of hydrogen-bond acceptors (Lipinski definition) is 0. The molecular weight excluding hydrogens is 453 g/mol. The van der Waals surface area contributed by atoms with Crippen molar-refractivity contribution in [1.29, 1.82) is 0 Å². The first-order valence-corrected chi connectivity index (χ1v) is 8.97. The fourth-order valence-electron chi connectivity index (χ4n) is 2.38. The van der Waals surface area contributed by atoms with Gasteiger partial charge in [-0.2, -0.15) is 0 Å². The Balaban J connectivity index is 0.000000431. The van der Waals surface area contributed by atoms with E-state index in [0.717, 1.165) is 36.8 Å². The van der Waals surface area contributed by atoms with E-state index in [9.17, 15) is 17.3 Å². The Bertz CT molecular complexity index is 894. The van der Waals surface area contributed by atoms with Gasteiger partial charge in [0, 0.05) is 0 Å². The second-order valence-corrected chi connectivity index (χ2v) is 6.87. The van der Waals surface area contributed by atoms with Crippen LogP contribution in [-0.4, -0.2) is 23.3 Å². The van der Waals surface area contributed by atoms with Crippen LogP contribution in [0.25, 0.3) is 22.3 Å². The number of benzene rings is 3. The second kappa shape index (κ2) is 8.96. The Labute approximate surface area is 167 Å². The second-order valence-electron chi connectivity index (χ2n) is 5.13. The smallest absolute Gasteiger partial charge is 0.418 e. The summed E-state index contributed by atoms with van der Waals surface area (Å²) in [6, 6.07) is 21.8. The zero-order chi connectivity index (χ0) is 19.3. The average Bonchev–Trinajstić information content (AvgIpc) is 2.55. The van der Waals surface area contributed by atoms with Crippen molar-refractivity contribution >= 4 is 50.9 Å². The molecule has 0 spiro atoms. The monoisotopic (exact) mass is 464 g/mol. The van der Waals surface area contributed by atoms with Crippen molar-refractivity contribution in [3.63, 3.8) is 0 Å². The summed E-state index contributed by atoms with van der Waals surface area (Å²) in [7, 11) is -6.00. The van der Waals surface area contributed by atoms with E-state index >= 15 is 0 Å². The van der Waals surface area contributed by atoms with E-state index in [1.165, 1.54) is 0 Å². The molecule has 0 fully saturated rings. The largest absolute Gasteiger partial charge is 0.673 e. The van der Waals surface area contributed by atoms with Crippen LogP contribution in [0.1, 0.15) is 0 Å². The minimum atomic E-state index is -6.00. The molecule has 26 heavy (non-hydrogen) atoms. The summed E-state index contributed by atoms with van der Waals surface area (Å²) in [5, 5.41) is 1.46. The standard InChI is InChI=1S/C18H11Cl2Se.BF4/c19-15-9-3-1-6-12(15)13-8-5-11-17(21)18(13)14-7-2-4-10-16(14)20;2-1(3,4)5/h1-11H;/q+1;-1. The van der Waals surface area contributed by atoms with E-state index in [4.69, 9.17) is 23.2 Å². The minimum absolute atomic E-state index is 0.730. The maximum atomic E-state index is 9.75. The molecule has 0 nitrogen and oxygen atoms in total. The maximum absolute atomic E-state index is 9.75. The van der Waals surface area contributed by atoms with Crippen LogP contribution in [0.15, 0.2) is 66.7 Å². The molecule has 0 heterocycles. The third-order valence-electron chi connectivity index (χ3n) is 3.33. The fourth-order valence-corrected chi connectivity index (χ4v) is 3.47. The molecule has 0 aliphatic rings. The Morgan fingerprint density at radius 1 is 0.615 bits per heavy atom. The van der Waals surface area contributed by atoms with E-state index in [-0.39, 0.29) is 0 Å². The molecule has 3 aromatic carbocycles. The van der Waals surface area contributed by atoms with Gasteiger partial charge >= 0.3 is 150 Å². The molecular formula is C18H11BCl2F4Se. The van der Waals surface area contributed by atoms with Gasteiger partial charge in [-0.3, -0.25) is 0 Å². The van der Waals surface area contributed by atoms with Gasteiger partial charge in [0.05, 0.1) is 0 Å². The van der Waals surface area contributed by atoms with Gasteiger partial charge in [-0.05, 0) is 0 Å². The number of halogens is 6. The molecule has 0 saturated heterocycles. The van der Waals surface area contributed by atoms with Crippen molar-refractivity contribution in [2.45, 2.75) is 0 Å². The van der Waals surface area contributed by atoms with Crippen LogP contribution in [-0.2, 0) is 0 Å². The van der Waals surface area contributed by atoms with Crippen molar-refractivity contribution in [3.05, 3.63) is 76.8 Å². The van der Waals surface area contributed by atoms with Crippen LogP contribution >= 0.6 is 23.2 Å². The number of hydrogen-bond donors (Lipinski definition) is 0. The predicted octanol–water partition coefficient (Wildman–Crippen LogP) is 6.42. The topological polar surface area (TPSA) is 0 Å². The molecule has 2 radical (unpaired) electrons. The molecule has 3 rings (SSSR count). The maximum Gasteiger partial charge on any atom is 0.673 e. The molecule has 0 aromatic heterocycles. The SMILES string of the molecule is Clc1ccccc1-c1cccc([Se+])c1-c1ccccc1Cl.F[B-](F)(F)F. The van der Waals surface area contributed by atoms with E-state index in [2.05, 4.69) is 22.1 Å². The molecule has 0 unspecified atom stereocenters. The van der Waals surface area contributed by atoms with Gasteiger partial charge in [0.25, 0.3) is 0 Å². The van der Waals surface area contributed by atoms with Gasteiger partial charge < -0.3 is 17.3 Å². The van der Waals surface area contributed by atoms with Gasteiger partial charge in [-0.15, -0.1) is 0 Å². The van der Waals surface area contributed by atoms with Gasteiger partial charge in [0.15, 0.2) is 0 Å². The summed E-state index contributed by atoms with van der Waals surface area (Å²) in [5.74, 6) is 0. The summed E-state index contributed by atoms with van der Waals surface area (Å²) >= 11 is 15.9. The molecule has 0 aliphatic heterocycles. The summed E-state index contributed by atoms with van der Waals surface area (Å²) in [6.45, 7) is 0. The first kappa shape index (κ1) is 20.9. The Hall–Kier alpha value is -1.46. The average molecular weight is 464 g/mol. The Morgan fingerprint density at radius 3 is 1.54 bits per heavy atom. The van der Waals surface area contributed by atoms with Crippen LogP contribution in [0.3, 0.4) is 0 Å². The van der Waals surface area contributed by atoms with Crippen molar-refractivity contribution in [2.75, 3.05) is 0 Å². The molecule has 0 saturated carbocycles. The first-order chi connectivity index (χ1) is 12.2. The molecule has 8 heteroatoms. The van der Waals surface area contributed by atoms with E-state index in [1.54, 1.807) is 0 Å². The third-order valence-corrected chi connectivity index (χ3v) is 4.71.